The molecule has 66 heavy (non-hydrogen) atoms. The van der Waals surface area contributed by atoms with Gasteiger partial charge in [0.25, 0.3) is 0 Å². The number of quaternary nitrogens is 1. The van der Waals surface area contributed by atoms with Gasteiger partial charge in [0.15, 0.2) is 0 Å². The Bertz CT molecular complexity index is 1170. The number of hydrogen-bond donors (Lipinski definition) is 3. The zero-order chi connectivity index (χ0) is 48.5. The highest BCUT2D eigenvalue weighted by Crippen LogP contribution is 2.43. The molecule has 0 aromatic rings. The smallest absolute Gasteiger partial charge is 0.387 e. The molecule has 0 aliphatic carbocycles. The molecule has 0 saturated carbocycles. The Morgan fingerprint density at radius 1 is 0.515 bits per heavy atom. The van der Waals surface area contributed by atoms with E-state index in [1.165, 1.54) is 205 Å². The number of carbonyl (C=O) groups is 1. The van der Waals surface area contributed by atoms with Crippen molar-refractivity contribution in [2.75, 3.05) is 40.9 Å². The number of allylic oxidation sites excluding steroid dienone is 5. The second-order valence-corrected chi connectivity index (χ2v) is 22.1. The standard InChI is InChI=1S/C57H111N2O6P/c1-6-8-10-12-14-16-17-18-19-20-21-22-23-24-25-26-27-28-29-30-31-32-33-34-35-36-37-38-39-40-41-43-45-47-49-51-57(61)58-55(54-65-66(62,63)64-53-52-59(3,4)5)56(60)50-48-46-44-42-15-13-11-9-7-2/h23-24,26-27,48,50,55-56,60H,6-22,25,28-47,49,51-54H2,1-5H3,(H-,58,61,62,63)/p+1/b24-23-,27-26-,50-48+. The lowest BCUT2D eigenvalue weighted by atomic mass is 10.0. The summed E-state index contributed by atoms with van der Waals surface area (Å²) >= 11 is 0. The monoisotopic (exact) mass is 952 g/mol. The summed E-state index contributed by atoms with van der Waals surface area (Å²) in [5.74, 6) is -0.177. The fourth-order valence-electron chi connectivity index (χ4n) is 8.37. The molecule has 9 heteroatoms. The number of aliphatic hydroxyl groups excluding tert-OH is 1. The molecule has 0 aliphatic heterocycles. The molecule has 0 heterocycles. The number of unbranched alkanes of at least 4 members (excludes halogenated alkanes) is 35. The summed E-state index contributed by atoms with van der Waals surface area (Å²) in [5.41, 5.74) is 0. The van der Waals surface area contributed by atoms with Crippen LogP contribution in [-0.2, 0) is 18.4 Å². The fourth-order valence-corrected chi connectivity index (χ4v) is 9.10. The number of phosphoric acid groups is 1. The largest absolute Gasteiger partial charge is 0.472 e. The van der Waals surface area contributed by atoms with Gasteiger partial charge in [0.05, 0.1) is 39.9 Å². The summed E-state index contributed by atoms with van der Waals surface area (Å²) in [6.07, 6.45) is 62.8. The molecule has 3 unspecified atom stereocenters. The molecule has 1 amide bonds. The van der Waals surface area contributed by atoms with Crippen molar-refractivity contribution in [1.29, 1.82) is 0 Å². The van der Waals surface area contributed by atoms with Gasteiger partial charge in [0.1, 0.15) is 13.2 Å². The van der Waals surface area contributed by atoms with Crippen molar-refractivity contribution >= 4 is 13.7 Å². The molecular weight excluding hydrogens is 840 g/mol. The Morgan fingerprint density at radius 2 is 0.864 bits per heavy atom. The molecule has 0 aromatic carbocycles. The van der Waals surface area contributed by atoms with Gasteiger partial charge in [0, 0.05) is 6.42 Å². The number of phosphoric ester groups is 1. The number of carbonyl (C=O) groups excluding carboxylic acids is 1. The minimum atomic E-state index is -4.33. The number of hydrogen-bond acceptors (Lipinski definition) is 5. The van der Waals surface area contributed by atoms with Gasteiger partial charge < -0.3 is 19.8 Å². The molecule has 0 radical (unpaired) electrons. The zero-order valence-corrected chi connectivity index (χ0v) is 45.3. The highest BCUT2D eigenvalue weighted by atomic mass is 31.2. The molecular formula is C57H112N2O6P+. The topological polar surface area (TPSA) is 105 Å². The van der Waals surface area contributed by atoms with Gasteiger partial charge in [-0.2, -0.15) is 0 Å². The first kappa shape index (κ1) is 64.7. The fraction of sp³-hybridized carbons (Fsp3) is 0.877. The lowest BCUT2D eigenvalue weighted by Gasteiger charge is -2.25. The number of nitrogens with zero attached hydrogens (tertiary/aromatic N) is 1. The van der Waals surface area contributed by atoms with Gasteiger partial charge in [-0.25, -0.2) is 4.57 Å². The average Bonchev–Trinajstić information content (AvgIpc) is 3.28. The predicted octanol–water partition coefficient (Wildman–Crippen LogP) is 17.0. The molecule has 0 spiro atoms. The quantitative estimate of drug-likeness (QED) is 0.0243. The number of amides is 1. The number of likely N-dealkylation sites (N-methyl/N-ethyl adjacent to an activating group) is 1. The maximum atomic E-state index is 12.9. The second kappa shape index (κ2) is 48.7. The van der Waals surface area contributed by atoms with E-state index in [9.17, 15) is 19.4 Å². The Kier molecular flexibility index (Phi) is 47.8. The minimum absolute atomic E-state index is 0.0622. The molecule has 3 atom stereocenters. The maximum absolute atomic E-state index is 12.9. The number of rotatable bonds is 52. The predicted molar refractivity (Wildman–Crippen MR) is 286 cm³/mol. The van der Waals surface area contributed by atoms with Crippen molar-refractivity contribution in [3.63, 3.8) is 0 Å². The number of nitrogens with one attached hydrogen (secondary N) is 1. The molecule has 0 bridgehead atoms. The third-order valence-corrected chi connectivity index (χ3v) is 13.8. The van der Waals surface area contributed by atoms with E-state index in [-0.39, 0.29) is 19.1 Å². The van der Waals surface area contributed by atoms with E-state index in [0.29, 0.717) is 17.4 Å². The van der Waals surface area contributed by atoms with E-state index in [0.717, 1.165) is 44.9 Å². The van der Waals surface area contributed by atoms with Crippen LogP contribution >= 0.6 is 7.82 Å². The van der Waals surface area contributed by atoms with Crippen molar-refractivity contribution in [3.05, 3.63) is 36.5 Å². The van der Waals surface area contributed by atoms with Crippen LogP contribution < -0.4 is 5.32 Å². The van der Waals surface area contributed by atoms with Crippen LogP contribution in [0.2, 0.25) is 0 Å². The lowest BCUT2D eigenvalue weighted by Crippen LogP contribution is -2.45. The second-order valence-electron chi connectivity index (χ2n) is 20.7. The Labute approximate surface area is 410 Å². The molecule has 0 fully saturated rings. The minimum Gasteiger partial charge on any atom is -0.387 e. The third-order valence-electron chi connectivity index (χ3n) is 12.9. The first-order valence-electron chi connectivity index (χ1n) is 28.4. The van der Waals surface area contributed by atoms with E-state index in [4.69, 9.17) is 9.05 Å². The summed E-state index contributed by atoms with van der Waals surface area (Å²) < 4.78 is 23.6. The van der Waals surface area contributed by atoms with Gasteiger partial charge >= 0.3 is 7.82 Å². The highest BCUT2D eigenvalue weighted by molar-refractivity contribution is 7.47. The Morgan fingerprint density at radius 3 is 1.24 bits per heavy atom. The van der Waals surface area contributed by atoms with Gasteiger partial charge in [0.2, 0.25) is 5.91 Å². The van der Waals surface area contributed by atoms with Crippen LogP contribution in [0.25, 0.3) is 0 Å². The van der Waals surface area contributed by atoms with E-state index < -0.39 is 20.0 Å². The third kappa shape index (κ3) is 50.6. The lowest BCUT2D eigenvalue weighted by molar-refractivity contribution is -0.870. The summed E-state index contributed by atoms with van der Waals surface area (Å²) in [5, 5.41) is 13.8. The molecule has 8 nitrogen and oxygen atoms in total. The molecule has 0 rings (SSSR count). The van der Waals surface area contributed by atoms with Gasteiger partial charge in [-0.05, 0) is 51.4 Å². The van der Waals surface area contributed by atoms with Crippen LogP contribution in [0.3, 0.4) is 0 Å². The van der Waals surface area contributed by atoms with Crippen molar-refractivity contribution < 1.29 is 32.9 Å². The first-order chi connectivity index (χ1) is 32.0. The summed E-state index contributed by atoms with van der Waals surface area (Å²) in [6.45, 7) is 4.80. The molecule has 0 aromatic heterocycles. The molecule has 0 aliphatic rings. The van der Waals surface area contributed by atoms with Crippen molar-refractivity contribution in [2.45, 2.75) is 283 Å². The number of aliphatic hydroxyl groups is 1. The van der Waals surface area contributed by atoms with Crippen LogP contribution in [-0.4, -0.2) is 73.4 Å². The van der Waals surface area contributed by atoms with Crippen molar-refractivity contribution in [2.24, 2.45) is 0 Å². The van der Waals surface area contributed by atoms with Crippen LogP contribution in [0.15, 0.2) is 36.5 Å². The molecule has 390 valence electrons. The van der Waals surface area contributed by atoms with Gasteiger partial charge in [-0.3, -0.25) is 13.8 Å². The van der Waals surface area contributed by atoms with Gasteiger partial charge in [-0.1, -0.05) is 249 Å². The molecule has 3 N–H and O–H groups in total. The van der Waals surface area contributed by atoms with Crippen molar-refractivity contribution in [3.8, 4) is 0 Å². The van der Waals surface area contributed by atoms with E-state index >= 15 is 0 Å². The SMILES string of the molecule is CCCCCCCCC/C=C/C(O)C(COP(=O)(O)OCC[N+](C)(C)C)NC(=O)CCCCCCCCCCCCCCCCCCC/C=C\C/C=C\CCCCCCCCCCCCC. The van der Waals surface area contributed by atoms with Crippen LogP contribution in [0.5, 0.6) is 0 Å². The van der Waals surface area contributed by atoms with Crippen molar-refractivity contribution in [1.82, 2.24) is 5.32 Å². The van der Waals surface area contributed by atoms with Gasteiger partial charge in [-0.15, -0.1) is 0 Å². The Balaban J connectivity index is 3.89. The van der Waals surface area contributed by atoms with Crippen LogP contribution in [0.4, 0.5) is 0 Å². The highest BCUT2D eigenvalue weighted by Gasteiger charge is 2.27. The zero-order valence-electron chi connectivity index (χ0n) is 44.4. The van der Waals surface area contributed by atoms with Crippen LogP contribution in [0.1, 0.15) is 271 Å². The van der Waals surface area contributed by atoms with E-state index in [1.807, 2.05) is 27.2 Å². The van der Waals surface area contributed by atoms with E-state index in [2.05, 4.69) is 43.5 Å². The summed E-state index contributed by atoms with van der Waals surface area (Å²) in [7, 11) is 1.58. The normalized spacial score (nSPS) is 14.2. The maximum Gasteiger partial charge on any atom is 0.472 e. The summed E-state index contributed by atoms with van der Waals surface area (Å²) in [6, 6.07) is -0.843. The summed E-state index contributed by atoms with van der Waals surface area (Å²) in [4.78, 5) is 23.1. The Hall–Kier alpha value is -1.28. The van der Waals surface area contributed by atoms with E-state index in [1.54, 1.807) is 6.08 Å². The average molecular weight is 953 g/mol. The first-order valence-corrected chi connectivity index (χ1v) is 29.9. The van der Waals surface area contributed by atoms with Crippen LogP contribution in [0, 0.1) is 0 Å². The molecule has 0 saturated heterocycles.